The maximum Gasteiger partial charge on any atom is 0.158 e. The molecule has 1 fully saturated rings. The highest BCUT2D eigenvalue weighted by Gasteiger charge is 2.65. The summed E-state index contributed by atoms with van der Waals surface area (Å²) < 4.78 is 28.8. The topological polar surface area (TPSA) is 76.0 Å². The summed E-state index contributed by atoms with van der Waals surface area (Å²) in [6, 6.07) is 11.4. The molecule has 0 saturated heterocycles. The van der Waals surface area contributed by atoms with E-state index in [2.05, 4.69) is 24.0 Å². The highest BCUT2D eigenvalue weighted by molar-refractivity contribution is 5.79. The second-order valence-electron chi connectivity index (χ2n) is 9.56. The number of fused-ring (bicyclic) bond motifs is 5. The number of hydrogen-bond acceptors (Lipinski definition) is 5. The molecule has 5 rings (SSSR count). The molecule has 2 heterocycles. The van der Waals surface area contributed by atoms with Gasteiger partial charge in [0.25, 0.3) is 0 Å². The van der Waals surface area contributed by atoms with Gasteiger partial charge < -0.3 is 5.11 Å². The highest BCUT2D eigenvalue weighted by Crippen LogP contribution is 2.69. The van der Waals surface area contributed by atoms with Crippen LogP contribution in [0.1, 0.15) is 61.7 Å². The normalized spacial score (nSPS) is 22.4. The van der Waals surface area contributed by atoms with E-state index in [1.165, 1.54) is 18.2 Å². The second kappa shape index (κ2) is 7.76. The summed E-state index contributed by atoms with van der Waals surface area (Å²) in [6.07, 6.45) is 2.46. The fourth-order valence-corrected chi connectivity index (χ4v) is 5.96. The van der Waals surface area contributed by atoms with Crippen LogP contribution in [0.2, 0.25) is 0 Å². The van der Waals surface area contributed by atoms with E-state index in [0.29, 0.717) is 6.42 Å². The SMILES string of the molecule is CC1(C)[C@H]2CC[C@]1(c1cccc(CCC(=O)CO)n1)c1nnc(-c3c(F)cccc3F)cc12. The zero-order valence-electron chi connectivity index (χ0n) is 18.6. The number of aromatic nitrogens is 3. The molecule has 2 aromatic heterocycles. The Morgan fingerprint density at radius 1 is 1.12 bits per heavy atom. The monoisotopic (exact) mass is 449 g/mol. The number of ketones is 1. The van der Waals surface area contributed by atoms with Crippen molar-refractivity contribution in [2.45, 2.75) is 50.9 Å². The van der Waals surface area contributed by atoms with Crippen LogP contribution in [0.15, 0.2) is 42.5 Å². The molecule has 7 heteroatoms. The second-order valence-corrected chi connectivity index (χ2v) is 9.56. The maximum absolute atomic E-state index is 14.4. The van der Waals surface area contributed by atoms with Crippen LogP contribution in [0.4, 0.5) is 8.78 Å². The van der Waals surface area contributed by atoms with Gasteiger partial charge in [-0.2, -0.15) is 5.10 Å². The lowest BCUT2D eigenvalue weighted by Gasteiger charge is -2.37. The summed E-state index contributed by atoms with van der Waals surface area (Å²) >= 11 is 0. The average molecular weight is 450 g/mol. The molecule has 5 nitrogen and oxygen atoms in total. The summed E-state index contributed by atoms with van der Waals surface area (Å²) in [5.41, 5.74) is 2.81. The standard InChI is InChI=1S/C26H25F2N3O2/c1-25(2)18-11-12-26(25,22-8-3-5-15(29-22)9-10-16(33)14-32)24-17(18)13-21(30-31-24)23-19(27)6-4-7-20(23)28/h3-8,13,18,32H,9-12,14H2,1-2H3/t18-,26-/m0/s1. The fourth-order valence-electron chi connectivity index (χ4n) is 5.96. The van der Waals surface area contributed by atoms with Crippen LogP contribution in [-0.4, -0.2) is 32.7 Å². The number of nitrogens with zero attached hydrogens (tertiary/aromatic N) is 3. The minimum absolute atomic E-state index is 0.156. The van der Waals surface area contributed by atoms with Gasteiger partial charge in [0.15, 0.2) is 5.78 Å². The third-order valence-electron chi connectivity index (χ3n) is 7.68. The van der Waals surface area contributed by atoms with E-state index in [1.54, 1.807) is 6.07 Å². The van der Waals surface area contributed by atoms with Crippen molar-refractivity contribution in [3.8, 4) is 11.3 Å². The van der Waals surface area contributed by atoms with Gasteiger partial charge in [0, 0.05) is 12.1 Å². The minimum Gasteiger partial charge on any atom is -0.389 e. The number of carbonyl (C=O) groups is 1. The third-order valence-corrected chi connectivity index (χ3v) is 7.68. The first-order valence-electron chi connectivity index (χ1n) is 11.2. The van der Waals surface area contributed by atoms with Crippen molar-refractivity contribution in [3.63, 3.8) is 0 Å². The molecule has 0 amide bonds. The number of aliphatic hydroxyl groups is 1. The molecule has 33 heavy (non-hydrogen) atoms. The van der Waals surface area contributed by atoms with E-state index in [0.717, 1.165) is 35.5 Å². The fraction of sp³-hybridized carbons (Fsp3) is 0.385. The Balaban J connectivity index is 1.60. The zero-order valence-corrected chi connectivity index (χ0v) is 18.6. The first-order valence-corrected chi connectivity index (χ1v) is 11.2. The van der Waals surface area contributed by atoms with Crippen molar-refractivity contribution >= 4 is 5.78 Å². The molecule has 0 radical (unpaired) electrons. The first kappa shape index (κ1) is 21.8. The molecular weight excluding hydrogens is 424 g/mol. The Hall–Kier alpha value is -3.06. The minimum atomic E-state index is -0.659. The van der Waals surface area contributed by atoms with Crippen LogP contribution in [0.25, 0.3) is 11.3 Å². The number of pyridine rings is 1. The number of halogens is 2. The summed E-state index contributed by atoms with van der Waals surface area (Å²) in [4.78, 5) is 16.5. The van der Waals surface area contributed by atoms with Gasteiger partial charge in [0.1, 0.15) is 18.2 Å². The molecule has 3 aromatic rings. The quantitative estimate of drug-likeness (QED) is 0.599. The smallest absolute Gasteiger partial charge is 0.158 e. The van der Waals surface area contributed by atoms with Gasteiger partial charge in [-0.15, -0.1) is 5.10 Å². The van der Waals surface area contributed by atoms with Crippen LogP contribution in [-0.2, 0) is 16.6 Å². The average Bonchev–Trinajstić information content (AvgIpc) is 3.18. The van der Waals surface area contributed by atoms with Crippen LogP contribution in [0.5, 0.6) is 0 Å². The molecule has 2 aliphatic rings. The van der Waals surface area contributed by atoms with Crippen LogP contribution >= 0.6 is 0 Å². The van der Waals surface area contributed by atoms with Crippen LogP contribution < -0.4 is 0 Å². The van der Waals surface area contributed by atoms with Crippen LogP contribution in [0.3, 0.4) is 0 Å². The van der Waals surface area contributed by atoms with E-state index in [-0.39, 0.29) is 34.8 Å². The molecule has 0 aliphatic heterocycles. The summed E-state index contributed by atoms with van der Waals surface area (Å²) in [5.74, 6) is -1.37. The Labute approximate surface area is 190 Å². The number of benzene rings is 1. The maximum atomic E-state index is 14.4. The van der Waals surface area contributed by atoms with E-state index < -0.39 is 23.7 Å². The van der Waals surface area contributed by atoms with Gasteiger partial charge in [0.05, 0.1) is 28.1 Å². The van der Waals surface area contributed by atoms with E-state index in [9.17, 15) is 13.6 Å². The van der Waals surface area contributed by atoms with E-state index in [1.807, 2.05) is 18.2 Å². The largest absolute Gasteiger partial charge is 0.389 e. The summed E-state index contributed by atoms with van der Waals surface area (Å²) in [7, 11) is 0. The van der Waals surface area contributed by atoms with E-state index >= 15 is 0 Å². The lowest BCUT2D eigenvalue weighted by atomic mass is 9.66. The molecule has 2 aliphatic carbocycles. The number of rotatable bonds is 6. The van der Waals surface area contributed by atoms with Crippen molar-refractivity contribution in [1.29, 1.82) is 0 Å². The van der Waals surface area contributed by atoms with Crippen molar-refractivity contribution in [3.05, 3.63) is 76.7 Å². The summed E-state index contributed by atoms with van der Waals surface area (Å²) in [5, 5.41) is 17.8. The lowest BCUT2D eigenvalue weighted by molar-refractivity contribution is -0.121. The van der Waals surface area contributed by atoms with Crippen molar-refractivity contribution in [2.24, 2.45) is 5.41 Å². The Morgan fingerprint density at radius 3 is 2.58 bits per heavy atom. The number of hydrogen-bond donors (Lipinski definition) is 1. The van der Waals surface area contributed by atoms with Gasteiger partial charge in [0.2, 0.25) is 0 Å². The molecule has 1 aromatic carbocycles. The number of aryl methyl sites for hydroxylation is 1. The predicted octanol–water partition coefficient (Wildman–Crippen LogP) is 4.51. The summed E-state index contributed by atoms with van der Waals surface area (Å²) in [6.45, 7) is 3.92. The van der Waals surface area contributed by atoms with Crippen LogP contribution in [0, 0.1) is 17.0 Å². The van der Waals surface area contributed by atoms with Gasteiger partial charge >= 0.3 is 0 Å². The Morgan fingerprint density at radius 2 is 1.85 bits per heavy atom. The van der Waals surface area contributed by atoms with Crippen molar-refractivity contribution in [1.82, 2.24) is 15.2 Å². The molecular formula is C26H25F2N3O2. The number of Topliss-reactive ketones (excluding diaryl/α,β-unsaturated/α-hetero) is 1. The first-order chi connectivity index (χ1) is 15.8. The van der Waals surface area contributed by atoms with Gasteiger partial charge in [-0.05, 0) is 66.5 Å². The Kier molecular flexibility index (Phi) is 5.12. The van der Waals surface area contributed by atoms with Crippen molar-refractivity contribution < 1.29 is 18.7 Å². The highest BCUT2D eigenvalue weighted by atomic mass is 19.1. The number of carbonyl (C=O) groups excluding carboxylic acids is 1. The molecule has 0 unspecified atom stereocenters. The Bertz CT molecular complexity index is 1240. The molecule has 1 N–H and O–H groups in total. The molecule has 2 atom stereocenters. The van der Waals surface area contributed by atoms with Crippen molar-refractivity contribution in [2.75, 3.05) is 6.61 Å². The lowest BCUT2D eigenvalue weighted by Crippen LogP contribution is -2.38. The molecule has 2 bridgehead atoms. The van der Waals surface area contributed by atoms with E-state index in [4.69, 9.17) is 10.1 Å². The van der Waals surface area contributed by atoms with Gasteiger partial charge in [-0.25, -0.2) is 8.78 Å². The predicted molar refractivity (Wildman–Crippen MR) is 119 cm³/mol. The molecule has 0 spiro atoms. The van der Waals surface area contributed by atoms with Gasteiger partial charge in [-0.1, -0.05) is 26.0 Å². The molecule has 170 valence electrons. The third kappa shape index (κ3) is 3.13. The van der Waals surface area contributed by atoms with Gasteiger partial charge in [-0.3, -0.25) is 9.78 Å². The zero-order chi connectivity index (χ0) is 23.4. The number of aliphatic hydroxyl groups excluding tert-OH is 1. The molecule has 1 saturated carbocycles.